The highest BCUT2D eigenvalue weighted by molar-refractivity contribution is 7.15. The fourth-order valence-electron chi connectivity index (χ4n) is 3.74. The fourth-order valence-corrected chi connectivity index (χ4v) is 4.68. The number of amides is 1. The first kappa shape index (κ1) is 22.2. The number of ether oxygens (including phenoxy) is 1. The van der Waals surface area contributed by atoms with Crippen LogP contribution in [0.5, 0.6) is 5.75 Å². The van der Waals surface area contributed by atoms with E-state index >= 15 is 0 Å². The van der Waals surface area contributed by atoms with Crippen molar-refractivity contribution in [3.05, 3.63) is 69.5 Å². The van der Waals surface area contributed by atoms with E-state index in [4.69, 9.17) is 4.74 Å². The van der Waals surface area contributed by atoms with Gasteiger partial charge in [0.15, 0.2) is 12.0 Å². The molecule has 1 aliphatic heterocycles. The molecule has 0 radical (unpaired) electrons. The SMILES string of the molecule is O=C(Cn1ccn2c(=O)c(O)c(-c3ncc(Cc4ccc(F)cc4)s3)nc12)N1CCOC(O)C1. The highest BCUT2D eigenvalue weighted by atomic mass is 32.1. The topological polar surface area (TPSA) is 122 Å². The van der Waals surface area contributed by atoms with Gasteiger partial charge >= 0.3 is 5.56 Å². The first-order valence-corrected chi connectivity index (χ1v) is 11.3. The number of carbonyl (C=O) groups excluding carboxylic acids is 1. The van der Waals surface area contributed by atoms with Gasteiger partial charge in [0, 0.05) is 36.4 Å². The number of hydrogen-bond donors (Lipinski definition) is 2. The van der Waals surface area contributed by atoms with Gasteiger partial charge in [0.1, 0.15) is 17.4 Å². The normalized spacial score (nSPS) is 16.3. The number of aromatic hydroxyl groups is 1. The van der Waals surface area contributed by atoms with Crippen LogP contribution in [0, 0.1) is 5.82 Å². The van der Waals surface area contributed by atoms with E-state index in [1.54, 1.807) is 18.3 Å². The second kappa shape index (κ2) is 8.97. The molecule has 1 saturated heterocycles. The molecular weight excluding hydrogens is 465 g/mol. The van der Waals surface area contributed by atoms with Gasteiger partial charge in [0.2, 0.25) is 17.4 Å². The third-order valence-electron chi connectivity index (χ3n) is 5.48. The summed E-state index contributed by atoms with van der Waals surface area (Å²) in [6.45, 7) is 0.546. The Morgan fingerprint density at radius 1 is 1.26 bits per heavy atom. The number of fused-ring (bicyclic) bond motifs is 1. The predicted molar refractivity (Wildman–Crippen MR) is 120 cm³/mol. The van der Waals surface area contributed by atoms with E-state index in [-0.39, 0.29) is 42.9 Å². The van der Waals surface area contributed by atoms with Gasteiger partial charge in [0.25, 0.3) is 0 Å². The van der Waals surface area contributed by atoms with Crippen molar-refractivity contribution in [3.63, 3.8) is 0 Å². The largest absolute Gasteiger partial charge is 0.501 e. The summed E-state index contributed by atoms with van der Waals surface area (Å²) in [6.07, 6.45) is 4.06. The van der Waals surface area contributed by atoms with Crippen molar-refractivity contribution in [1.82, 2.24) is 23.8 Å². The monoisotopic (exact) mass is 485 g/mol. The molecule has 2 N–H and O–H groups in total. The van der Waals surface area contributed by atoms with E-state index < -0.39 is 17.6 Å². The Kier molecular flexibility index (Phi) is 5.86. The lowest BCUT2D eigenvalue weighted by Crippen LogP contribution is -2.46. The van der Waals surface area contributed by atoms with Crippen LogP contribution >= 0.6 is 11.3 Å². The lowest BCUT2D eigenvalue weighted by Gasteiger charge is -2.30. The van der Waals surface area contributed by atoms with Crippen molar-refractivity contribution in [2.75, 3.05) is 19.7 Å². The van der Waals surface area contributed by atoms with Crippen LogP contribution in [0.2, 0.25) is 0 Å². The van der Waals surface area contributed by atoms with E-state index in [1.807, 2.05) is 0 Å². The number of aliphatic hydroxyl groups is 1. The predicted octanol–water partition coefficient (Wildman–Crippen LogP) is 1.23. The molecule has 1 aliphatic rings. The van der Waals surface area contributed by atoms with E-state index in [9.17, 15) is 24.2 Å². The number of halogens is 1. The van der Waals surface area contributed by atoms with Crippen molar-refractivity contribution >= 4 is 23.0 Å². The van der Waals surface area contributed by atoms with Crippen LogP contribution in [-0.2, 0) is 22.5 Å². The number of rotatable bonds is 5. The Morgan fingerprint density at radius 3 is 2.82 bits per heavy atom. The molecule has 1 unspecified atom stereocenters. The molecule has 176 valence electrons. The first-order valence-electron chi connectivity index (χ1n) is 10.5. The molecule has 1 fully saturated rings. The average molecular weight is 485 g/mol. The number of aromatic nitrogens is 4. The molecule has 3 aromatic heterocycles. The zero-order valence-electron chi connectivity index (χ0n) is 17.8. The van der Waals surface area contributed by atoms with E-state index in [0.29, 0.717) is 18.0 Å². The van der Waals surface area contributed by atoms with Gasteiger partial charge in [-0.1, -0.05) is 12.1 Å². The average Bonchev–Trinajstić information content (AvgIpc) is 3.45. The van der Waals surface area contributed by atoms with E-state index in [2.05, 4.69) is 9.97 Å². The molecule has 34 heavy (non-hydrogen) atoms. The smallest absolute Gasteiger partial charge is 0.302 e. The van der Waals surface area contributed by atoms with E-state index in [1.165, 1.54) is 45.3 Å². The lowest BCUT2D eigenvalue weighted by molar-refractivity contribution is -0.164. The minimum atomic E-state index is -1.03. The Bertz CT molecular complexity index is 1410. The number of thiazole rings is 1. The van der Waals surface area contributed by atoms with Gasteiger partial charge in [-0.3, -0.25) is 9.59 Å². The van der Waals surface area contributed by atoms with Crippen LogP contribution in [-0.4, -0.2) is 65.9 Å². The molecule has 1 amide bonds. The van der Waals surface area contributed by atoms with E-state index in [0.717, 1.165) is 14.8 Å². The van der Waals surface area contributed by atoms with Gasteiger partial charge in [0.05, 0.1) is 13.2 Å². The summed E-state index contributed by atoms with van der Waals surface area (Å²) in [5.74, 6) is -0.945. The molecular formula is C22H20FN5O5S. The summed E-state index contributed by atoms with van der Waals surface area (Å²) < 4.78 is 20.9. The Balaban J connectivity index is 1.44. The third-order valence-corrected chi connectivity index (χ3v) is 6.48. The van der Waals surface area contributed by atoms with Crippen LogP contribution < -0.4 is 5.56 Å². The van der Waals surface area contributed by atoms with Gasteiger partial charge < -0.3 is 24.4 Å². The van der Waals surface area contributed by atoms with Crippen LogP contribution in [0.1, 0.15) is 10.4 Å². The highest BCUT2D eigenvalue weighted by Crippen LogP contribution is 2.30. The van der Waals surface area contributed by atoms with Crippen molar-refractivity contribution in [1.29, 1.82) is 0 Å². The number of benzene rings is 1. The van der Waals surface area contributed by atoms with Crippen molar-refractivity contribution in [3.8, 4) is 16.5 Å². The first-order chi connectivity index (χ1) is 16.4. The van der Waals surface area contributed by atoms with Gasteiger partial charge in [-0.05, 0) is 17.7 Å². The Labute approximate surface area is 196 Å². The molecule has 0 bridgehead atoms. The molecule has 1 atom stereocenters. The van der Waals surface area contributed by atoms with Crippen LogP contribution in [0.4, 0.5) is 4.39 Å². The Hall–Kier alpha value is -3.61. The highest BCUT2D eigenvalue weighted by Gasteiger charge is 2.24. The van der Waals surface area contributed by atoms with Crippen molar-refractivity contribution in [2.24, 2.45) is 0 Å². The number of carbonyl (C=O) groups is 1. The molecule has 12 heteroatoms. The third kappa shape index (κ3) is 4.30. The minimum absolute atomic E-state index is 0.0227. The Morgan fingerprint density at radius 2 is 2.06 bits per heavy atom. The number of imidazole rings is 1. The molecule has 10 nitrogen and oxygen atoms in total. The molecule has 4 aromatic rings. The second-order valence-electron chi connectivity index (χ2n) is 7.81. The summed E-state index contributed by atoms with van der Waals surface area (Å²) in [6, 6.07) is 6.12. The standard InChI is InChI=1S/C22H20FN5O5S/c23-14-3-1-13(2-4-14)9-15-10-24-20(34-15)18-19(31)21(32)28-6-5-27(22(28)25-18)11-16(29)26-7-8-33-17(30)12-26/h1-6,10,17,30-31H,7-9,11-12H2. The maximum Gasteiger partial charge on any atom is 0.302 e. The zero-order valence-corrected chi connectivity index (χ0v) is 18.6. The van der Waals surface area contributed by atoms with Crippen LogP contribution in [0.3, 0.4) is 0 Å². The van der Waals surface area contributed by atoms with Gasteiger partial charge in [-0.15, -0.1) is 11.3 Å². The molecule has 1 aromatic carbocycles. The molecule has 0 saturated carbocycles. The zero-order chi connectivity index (χ0) is 23.8. The summed E-state index contributed by atoms with van der Waals surface area (Å²) in [4.78, 5) is 36.5. The summed E-state index contributed by atoms with van der Waals surface area (Å²) >= 11 is 1.26. The number of aliphatic hydroxyl groups excluding tert-OH is 1. The summed E-state index contributed by atoms with van der Waals surface area (Å²) in [5.41, 5.74) is 0.239. The number of nitrogens with zero attached hydrogens (tertiary/aromatic N) is 5. The minimum Gasteiger partial charge on any atom is -0.501 e. The summed E-state index contributed by atoms with van der Waals surface area (Å²) in [5, 5.41) is 20.5. The molecule has 5 rings (SSSR count). The van der Waals surface area contributed by atoms with Gasteiger partial charge in [-0.2, -0.15) is 0 Å². The quantitative estimate of drug-likeness (QED) is 0.436. The second-order valence-corrected chi connectivity index (χ2v) is 8.93. The maximum atomic E-state index is 13.1. The van der Waals surface area contributed by atoms with Crippen LogP contribution in [0.25, 0.3) is 16.5 Å². The number of morpholine rings is 1. The van der Waals surface area contributed by atoms with Crippen LogP contribution in [0.15, 0.2) is 47.7 Å². The molecule has 0 spiro atoms. The lowest BCUT2D eigenvalue weighted by atomic mass is 10.1. The fraction of sp³-hybridized carbons (Fsp3) is 0.273. The van der Waals surface area contributed by atoms with Gasteiger partial charge in [-0.25, -0.2) is 18.8 Å². The molecule has 4 heterocycles. The summed E-state index contributed by atoms with van der Waals surface area (Å²) in [7, 11) is 0. The maximum absolute atomic E-state index is 13.1. The number of β-amino-alcohol motifs (C(OH)–C–C–N with tert-alkyl or cyclic N) is 1. The molecule has 0 aliphatic carbocycles. The van der Waals surface area contributed by atoms with Crippen molar-refractivity contribution in [2.45, 2.75) is 19.3 Å². The number of hydrogen-bond acceptors (Lipinski definition) is 8. The van der Waals surface area contributed by atoms with Crippen molar-refractivity contribution < 1.29 is 24.1 Å².